The molecule has 20 heavy (non-hydrogen) atoms. The number of hydrogen-bond acceptors (Lipinski definition) is 4. The minimum Gasteiger partial charge on any atom is -0.327 e. The zero-order chi connectivity index (χ0) is 14.7. The Morgan fingerprint density at radius 3 is 2.75 bits per heavy atom. The first-order valence-corrected chi connectivity index (χ1v) is 7.79. The molecule has 6 heteroatoms. The largest absolute Gasteiger partial charge is 0.327 e. The van der Waals surface area contributed by atoms with Crippen molar-refractivity contribution in [3.8, 4) is 0 Å². The minimum atomic E-state index is 0.147. The van der Waals surface area contributed by atoms with Gasteiger partial charge in [0.2, 0.25) is 0 Å². The van der Waals surface area contributed by atoms with Crippen LogP contribution in [0.3, 0.4) is 0 Å². The predicted molar refractivity (Wildman–Crippen MR) is 83.3 cm³/mol. The highest BCUT2D eigenvalue weighted by Crippen LogP contribution is 2.35. The summed E-state index contributed by atoms with van der Waals surface area (Å²) in [4.78, 5) is 1.02. The fourth-order valence-electron chi connectivity index (χ4n) is 1.82. The second-order valence-corrected chi connectivity index (χ2v) is 6.18. The molecule has 0 amide bonds. The van der Waals surface area contributed by atoms with Gasteiger partial charge in [-0.25, -0.2) is 0 Å². The van der Waals surface area contributed by atoms with Crippen LogP contribution in [0.25, 0.3) is 0 Å². The molecule has 0 aliphatic carbocycles. The van der Waals surface area contributed by atoms with Crippen molar-refractivity contribution >= 4 is 23.4 Å². The zero-order valence-corrected chi connectivity index (χ0v) is 13.5. The van der Waals surface area contributed by atoms with E-state index in [1.165, 1.54) is 0 Å². The maximum Gasteiger partial charge on any atom is 0.195 e. The predicted octanol–water partition coefficient (Wildman–Crippen LogP) is 3.21. The van der Waals surface area contributed by atoms with Gasteiger partial charge < -0.3 is 10.3 Å². The molecule has 108 valence electrons. The second-order valence-electron chi connectivity index (χ2n) is 4.79. The number of nitrogens with two attached hydrogens (primary N) is 1. The van der Waals surface area contributed by atoms with Gasteiger partial charge in [-0.05, 0) is 43.2 Å². The van der Waals surface area contributed by atoms with E-state index in [0.717, 1.165) is 39.3 Å². The molecule has 0 saturated carbocycles. The summed E-state index contributed by atoms with van der Waals surface area (Å²) >= 11 is 7.89. The standard InChI is InChI=1S/C14H19ClN4S/c1-4-11(16)8-10-6-5-7-12(15)13(10)20-14-18-17-9(2)19(14)3/h5-7,11H,4,8,16H2,1-3H3. The average molecular weight is 311 g/mol. The normalized spacial score (nSPS) is 12.7. The summed E-state index contributed by atoms with van der Waals surface area (Å²) < 4.78 is 1.96. The van der Waals surface area contributed by atoms with Gasteiger partial charge >= 0.3 is 0 Å². The number of benzene rings is 1. The van der Waals surface area contributed by atoms with Gasteiger partial charge in [-0.1, -0.05) is 30.7 Å². The Bertz CT molecular complexity index is 597. The van der Waals surface area contributed by atoms with E-state index < -0.39 is 0 Å². The average Bonchev–Trinajstić information content (AvgIpc) is 2.74. The molecule has 1 aromatic heterocycles. The van der Waals surface area contributed by atoms with E-state index in [1.54, 1.807) is 11.8 Å². The third-order valence-electron chi connectivity index (χ3n) is 3.30. The highest BCUT2D eigenvalue weighted by Gasteiger charge is 2.15. The summed E-state index contributed by atoms with van der Waals surface area (Å²) in [5.41, 5.74) is 7.23. The number of aromatic nitrogens is 3. The van der Waals surface area contributed by atoms with E-state index in [2.05, 4.69) is 23.2 Å². The van der Waals surface area contributed by atoms with Crippen LogP contribution >= 0.6 is 23.4 Å². The van der Waals surface area contributed by atoms with Crippen LogP contribution < -0.4 is 5.73 Å². The fraction of sp³-hybridized carbons (Fsp3) is 0.429. The molecule has 2 N–H and O–H groups in total. The molecule has 0 radical (unpaired) electrons. The molecule has 2 rings (SSSR count). The van der Waals surface area contributed by atoms with Gasteiger partial charge in [-0.2, -0.15) is 0 Å². The number of hydrogen-bond donors (Lipinski definition) is 1. The topological polar surface area (TPSA) is 56.7 Å². The molecular formula is C14H19ClN4S. The summed E-state index contributed by atoms with van der Waals surface area (Å²) in [5, 5.41) is 9.82. The van der Waals surface area contributed by atoms with E-state index in [4.69, 9.17) is 17.3 Å². The second kappa shape index (κ2) is 6.61. The van der Waals surface area contributed by atoms with E-state index in [-0.39, 0.29) is 6.04 Å². The van der Waals surface area contributed by atoms with Crippen molar-refractivity contribution < 1.29 is 0 Å². The molecule has 0 aliphatic heterocycles. The van der Waals surface area contributed by atoms with Crippen molar-refractivity contribution in [3.63, 3.8) is 0 Å². The van der Waals surface area contributed by atoms with Crippen molar-refractivity contribution in [2.45, 2.75) is 42.8 Å². The van der Waals surface area contributed by atoms with Crippen molar-refractivity contribution in [3.05, 3.63) is 34.6 Å². The lowest BCUT2D eigenvalue weighted by molar-refractivity contribution is 0.641. The molecule has 0 saturated heterocycles. The van der Waals surface area contributed by atoms with Crippen LogP contribution in [0.4, 0.5) is 0 Å². The van der Waals surface area contributed by atoms with Crippen molar-refractivity contribution in [1.29, 1.82) is 0 Å². The van der Waals surface area contributed by atoms with Crippen LogP contribution in [-0.2, 0) is 13.5 Å². The lowest BCUT2D eigenvalue weighted by atomic mass is 10.0. The lowest BCUT2D eigenvalue weighted by Crippen LogP contribution is -2.21. The minimum absolute atomic E-state index is 0.147. The van der Waals surface area contributed by atoms with Crippen LogP contribution in [0.5, 0.6) is 0 Å². The molecule has 1 aromatic carbocycles. The molecule has 1 atom stereocenters. The Morgan fingerprint density at radius 1 is 1.40 bits per heavy atom. The quantitative estimate of drug-likeness (QED) is 0.921. The van der Waals surface area contributed by atoms with Gasteiger partial charge in [0.25, 0.3) is 0 Å². The van der Waals surface area contributed by atoms with E-state index in [1.807, 2.05) is 30.7 Å². The van der Waals surface area contributed by atoms with E-state index in [9.17, 15) is 0 Å². The summed E-state index contributed by atoms with van der Waals surface area (Å²) in [6.07, 6.45) is 1.76. The highest BCUT2D eigenvalue weighted by molar-refractivity contribution is 7.99. The number of nitrogens with zero attached hydrogens (tertiary/aromatic N) is 3. The van der Waals surface area contributed by atoms with Crippen LogP contribution in [0.2, 0.25) is 5.02 Å². The van der Waals surface area contributed by atoms with Crippen molar-refractivity contribution in [2.24, 2.45) is 12.8 Å². The first-order chi connectivity index (χ1) is 9.52. The molecule has 0 bridgehead atoms. The van der Waals surface area contributed by atoms with Gasteiger partial charge in [0.15, 0.2) is 5.16 Å². The Kier molecular flexibility index (Phi) is 5.07. The van der Waals surface area contributed by atoms with Crippen molar-refractivity contribution in [1.82, 2.24) is 14.8 Å². The van der Waals surface area contributed by atoms with Crippen LogP contribution in [-0.4, -0.2) is 20.8 Å². The van der Waals surface area contributed by atoms with Crippen LogP contribution in [0, 0.1) is 6.92 Å². The first-order valence-electron chi connectivity index (χ1n) is 6.59. The smallest absolute Gasteiger partial charge is 0.195 e. The van der Waals surface area contributed by atoms with Gasteiger partial charge in [0.1, 0.15) is 5.82 Å². The van der Waals surface area contributed by atoms with Crippen molar-refractivity contribution in [2.75, 3.05) is 0 Å². The van der Waals surface area contributed by atoms with Crippen LogP contribution in [0.1, 0.15) is 24.7 Å². The molecule has 1 unspecified atom stereocenters. The molecule has 1 heterocycles. The third-order valence-corrected chi connectivity index (χ3v) is 4.95. The first kappa shape index (κ1) is 15.4. The number of rotatable bonds is 5. The Balaban J connectivity index is 2.32. The highest BCUT2D eigenvalue weighted by atomic mass is 35.5. The maximum absolute atomic E-state index is 6.35. The SMILES string of the molecule is CCC(N)Cc1cccc(Cl)c1Sc1nnc(C)n1C. The maximum atomic E-state index is 6.35. The number of aryl methyl sites for hydroxylation is 1. The third kappa shape index (κ3) is 3.34. The van der Waals surface area contributed by atoms with Crippen LogP contribution in [0.15, 0.2) is 28.3 Å². The Morgan fingerprint density at radius 2 is 2.15 bits per heavy atom. The summed E-state index contributed by atoms with van der Waals surface area (Å²) in [7, 11) is 1.95. The molecule has 2 aromatic rings. The van der Waals surface area contributed by atoms with Gasteiger partial charge in [-0.3, -0.25) is 0 Å². The zero-order valence-electron chi connectivity index (χ0n) is 11.9. The monoisotopic (exact) mass is 310 g/mol. The molecule has 0 aliphatic rings. The van der Waals surface area contributed by atoms with E-state index in [0.29, 0.717) is 0 Å². The number of halogens is 1. The van der Waals surface area contributed by atoms with Gasteiger partial charge in [0, 0.05) is 18.0 Å². The molecule has 4 nitrogen and oxygen atoms in total. The fourth-order valence-corrected chi connectivity index (χ4v) is 3.11. The van der Waals surface area contributed by atoms with Gasteiger partial charge in [0.05, 0.1) is 5.02 Å². The van der Waals surface area contributed by atoms with Gasteiger partial charge in [-0.15, -0.1) is 10.2 Å². The summed E-state index contributed by atoms with van der Waals surface area (Å²) in [5.74, 6) is 0.881. The Hall–Kier alpha value is -1.04. The lowest BCUT2D eigenvalue weighted by Gasteiger charge is -2.14. The molecule has 0 spiro atoms. The summed E-state index contributed by atoms with van der Waals surface area (Å²) in [6.45, 7) is 4.02. The van der Waals surface area contributed by atoms with E-state index >= 15 is 0 Å². The molecular weight excluding hydrogens is 292 g/mol. The molecule has 0 fully saturated rings. The summed E-state index contributed by atoms with van der Waals surface area (Å²) in [6, 6.07) is 6.08. The Labute approximate surface area is 128 Å².